The van der Waals surface area contributed by atoms with E-state index in [0.717, 1.165) is 11.3 Å². The highest BCUT2D eigenvalue weighted by Gasteiger charge is 2.11. The van der Waals surface area contributed by atoms with Gasteiger partial charge in [-0.3, -0.25) is 0 Å². The Bertz CT molecular complexity index is 332. The molecule has 0 radical (unpaired) electrons. The highest BCUT2D eigenvalue weighted by Crippen LogP contribution is 2.29. The molecule has 90 valence electrons. The number of rotatable bonds is 5. The summed E-state index contributed by atoms with van der Waals surface area (Å²) < 4.78 is 10.8. The minimum atomic E-state index is -0.534. The van der Waals surface area contributed by atoms with Crippen LogP contribution in [0.15, 0.2) is 18.2 Å². The highest BCUT2D eigenvalue weighted by atomic mass is 16.5. The van der Waals surface area contributed by atoms with Gasteiger partial charge in [0.05, 0.1) is 19.8 Å². The van der Waals surface area contributed by atoms with Crippen LogP contribution in [0.5, 0.6) is 11.5 Å². The molecule has 1 unspecified atom stereocenters. The second-order valence-corrected chi connectivity index (χ2v) is 4.28. The molecule has 1 aromatic carbocycles. The first kappa shape index (κ1) is 12.8. The molecule has 0 saturated heterocycles. The van der Waals surface area contributed by atoms with Crippen LogP contribution in [0.2, 0.25) is 0 Å². The van der Waals surface area contributed by atoms with Crippen LogP contribution in [-0.4, -0.2) is 18.8 Å². The first-order valence-electron chi connectivity index (χ1n) is 5.53. The van der Waals surface area contributed by atoms with Crippen LogP contribution in [0, 0.1) is 5.92 Å². The normalized spacial score (nSPS) is 12.6. The van der Waals surface area contributed by atoms with Gasteiger partial charge in [0.25, 0.3) is 0 Å². The smallest absolute Gasteiger partial charge is 0.128 e. The third-order valence-electron chi connectivity index (χ3n) is 2.24. The van der Waals surface area contributed by atoms with Gasteiger partial charge in [-0.2, -0.15) is 0 Å². The number of aliphatic hydroxyl groups is 1. The summed E-state index contributed by atoms with van der Waals surface area (Å²) in [6, 6.07) is 5.47. The lowest BCUT2D eigenvalue weighted by molar-refractivity contribution is 0.187. The fraction of sp³-hybridized carbons (Fsp3) is 0.538. The zero-order chi connectivity index (χ0) is 12.1. The first-order valence-corrected chi connectivity index (χ1v) is 5.53. The highest BCUT2D eigenvalue weighted by molar-refractivity contribution is 5.41. The summed E-state index contributed by atoms with van der Waals surface area (Å²) in [6.45, 7) is 6.53. The van der Waals surface area contributed by atoms with Crippen molar-refractivity contribution in [1.29, 1.82) is 0 Å². The van der Waals surface area contributed by atoms with E-state index in [0.29, 0.717) is 18.3 Å². The average Bonchev–Trinajstić information content (AvgIpc) is 2.25. The van der Waals surface area contributed by atoms with Crippen LogP contribution in [0.4, 0.5) is 0 Å². The first-order chi connectivity index (χ1) is 7.54. The summed E-state index contributed by atoms with van der Waals surface area (Å²) in [7, 11) is 1.61. The Labute approximate surface area is 97.0 Å². The van der Waals surface area contributed by atoms with Crippen LogP contribution >= 0.6 is 0 Å². The Kier molecular flexibility index (Phi) is 4.62. The SMILES string of the molecule is COc1ccc(C(C)O)c(OCC(C)C)c1. The quantitative estimate of drug-likeness (QED) is 0.835. The number of hydrogen-bond acceptors (Lipinski definition) is 3. The third-order valence-corrected chi connectivity index (χ3v) is 2.24. The minimum Gasteiger partial charge on any atom is -0.497 e. The van der Waals surface area contributed by atoms with Gasteiger partial charge < -0.3 is 14.6 Å². The molecule has 1 N–H and O–H groups in total. The van der Waals surface area contributed by atoms with E-state index >= 15 is 0 Å². The summed E-state index contributed by atoms with van der Waals surface area (Å²) in [5.74, 6) is 1.89. The van der Waals surface area contributed by atoms with Gasteiger partial charge in [0, 0.05) is 11.6 Å². The van der Waals surface area contributed by atoms with Gasteiger partial charge in [-0.1, -0.05) is 13.8 Å². The Balaban J connectivity index is 2.91. The average molecular weight is 224 g/mol. The molecule has 0 fully saturated rings. The maximum atomic E-state index is 9.61. The summed E-state index contributed by atoms with van der Waals surface area (Å²) in [4.78, 5) is 0. The maximum absolute atomic E-state index is 9.61. The molecular formula is C13H20O3. The van der Waals surface area contributed by atoms with E-state index in [4.69, 9.17) is 9.47 Å². The summed E-state index contributed by atoms with van der Waals surface area (Å²) in [6.07, 6.45) is -0.534. The Morgan fingerprint density at radius 1 is 1.25 bits per heavy atom. The van der Waals surface area contributed by atoms with Gasteiger partial charge in [0.1, 0.15) is 11.5 Å². The summed E-state index contributed by atoms with van der Waals surface area (Å²) in [5.41, 5.74) is 0.793. The van der Waals surface area contributed by atoms with Crippen LogP contribution in [-0.2, 0) is 0 Å². The molecule has 0 saturated carbocycles. The standard InChI is InChI=1S/C13H20O3/c1-9(2)8-16-13-7-11(15-4)5-6-12(13)10(3)14/h5-7,9-10,14H,8H2,1-4H3. The van der Waals surface area contributed by atoms with Gasteiger partial charge in [-0.25, -0.2) is 0 Å². The molecule has 0 aliphatic heterocycles. The lowest BCUT2D eigenvalue weighted by Gasteiger charge is -2.15. The fourth-order valence-corrected chi connectivity index (χ4v) is 1.37. The number of aliphatic hydroxyl groups excluding tert-OH is 1. The van der Waals surface area contributed by atoms with Crippen molar-refractivity contribution < 1.29 is 14.6 Å². The fourth-order valence-electron chi connectivity index (χ4n) is 1.37. The van der Waals surface area contributed by atoms with E-state index in [-0.39, 0.29) is 0 Å². The van der Waals surface area contributed by atoms with E-state index in [2.05, 4.69) is 13.8 Å². The van der Waals surface area contributed by atoms with Crippen molar-refractivity contribution in [2.45, 2.75) is 26.9 Å². The van der Waals surface area contributed by atoms with Gasteiger partial charge in [-0.15, -0.1) is 0 Å². The van der Waals surface area contributed by atoms with Crippen molar-refractivity contribution in [3.63, 3.8) is 0 Å². The van der Waals surface area contributed by atoms with Crippen molar-refractivity contribution in [3.8, 4) is 11.5 Å². The Morgan fingerprint density at radius 3 is 2.44 bits per heavy atom. The zero-order valence-corrected chi connectivity index (χ0v) is 10.4. The summed E-state index contributed by atoms with van der Waals surface area (Å²) in [5, 5.41) is 9.61. The van der Waals surface area contributed by atoms with Crippen LogP contribution in [0.3, 0.4) is 0 Å². The topological polar surface area (TPSA) is 38.7 Å². The van der Waals surface area contributed by atoms with E-state index in [1.165, 1.54) is 0 Å². The maximum Gasteiger partial charge on any atom is 0.128 e. The molecule has 16 heavy (non-hydrogen) atoms. The number of hydrogen-bond donors (Lipinski definition) is 1. The van der Waals surface area contributed by atoms with Crippen molar-refractivity contribution in [1.82, 2.24) is 0 Å². The van der Waals surface area contributed by atoms with Crippen molar-refractivity contribution in [2.75, 3.05) is 13.7 Å². The van der Waals surface area contributed by atoms with Crippen molar-refractivity contribution in [3.05, 3.63) is 23.8 Å². The predicted octanol–water partition coefficient (Wildman–Crippen LogP) is 2.78. The molecule has 0 amide bonds. The van der Waals surface area contributed by atoms with E-state index in [9.17, 15) is 5.11 Å². The number of ether oxygens (including phenoxy) is 2. The molecule has 0 heterocycles. The van der Waals surface area contributed by atoms with E-state index < -0.39 is 6.10 Å². The molecule has 0 aromatic heterocycles. The predicted molar refractivity (Wildman–Crippen MR) is 64.0 cm³/mol. The van der Waals surface area contributed by atoms with E-state index in [1.54, 1.807) is 14.0 Å². The second kappa shape index (κ2) is 5.75. The van der Waals surface area contributed by atoms with Crippen LogP contribution in [0.25, 0.3) is 0 Å². The molecule has 0 bridgehead atoms. The molecular weight excluding hydrogens is 204 g/mol. The van der Waals surface area contributed by atoms with Gasteiger partial charge in [0.2, 0.25) is 0 Å². The van der Waals surface area contributed by atoms with E-state index in [1.807, 2.05) is 18.2 Å². The molecule has 1 aromatic rings. The lowest BCUT2D eigenvalue weighted by Crippen LogP contribution is -2.07. The second-order valence-electron chi connectivity index (χ2n) is 4.28. The number of methoxy groups -OCH3 is 1. The van der Waals surface area contributed by atoms with Gasteiger partial charge in [-0.05, 0) is 25.0 Å². The van der Waals surface area contributed by atoms with Gasteiger partial charge >= 0.3 is 0 Å². The third kappa shape index (κ3) is 3.42. The molecule has 0 aliphatic carbocycles. The molecule has 1 rings (SSSR count). The monoisotopic (exact) mass is 224 g/mol. The lowest BCUT2D eigenvalue weighted by atomic mass is 10.1. The molecule has 3 nitrogen and oxygen atoms in total. The van der Waals surface area contributed by atoms with Crippen molar-refractivity contribution in [2.24, 2.45) is 5.92 Å². The Morgan fingerprint density at radius 2 is 1.94 bits per heavy atom. The minimum absolute atomic E-state index is 0.452. The van der Waals surface area contributed by atoms with Gasteiger partial charge in [0.15, 0.2) is 0 Å². The van der Waals surface area contributed by atoms with Crippen LogP contribution < -0.4 is 9.47 Å². The Hall–Kier alpha value is -1.22. The summed E-state index contributed by atoms with van der Waals surface area (Å²) >= 11 is 0. The van der Waals surface area contributed by atoms with Crippen LogP contribution in [0.1, 0.15) is 32.4 Å². The number of benzene rings is 1. The molecule has 3 heteroatoms. The van der Waals surface area contributed by atoms with Crippen molar-refractivity contribution >= 4 is 0 Å². The molecule has 0 spiro atoms. The largest absolute Gasteiger partial charge is 0.497 e. The zero-order valence-electron chi connectivity index (χ0n) is 10.4. The molecule has 0 aliphatic rings. The molecule has 1 atom stereocenters.